The molecule has 0 radical (unpaired) electrons. The maximum Gasteiger partial charge on any atom is 0.325 e. The number of carbonyl (C=O) groups is 2. The molecule has 1 aliphatic rings. The highest BCUT2D eigenvalue weighted by atomic mass is 35.5. The number of urea groups is 1. The molecule has 0 saturated carbocycles. The Balaban J connectivity index is 2.18. The van der Waals surface area contributed by atoms with Crippen LogP contribution in [0.4, 0.5) is 4.79 Å². The Morgan fingerprint density at radius 1 is 1.24 bits per heavy atom. The van der Waals surface area contributed by atoms with Crippen molar-refractivity contribution in [2.24, 2.45) is 5.73 Å². The molecule has 0 bridgehead atoms. The minimum Gasteiger partial charge on any atom is -0.324 e. The van der Waals surface area contributed by atoms with Crippen LogP contribution in [0, 0.1) is 0 Å². The Kier molecular flexibility index (Phi) is 4.54. The normalized spacial score (nSPS) is 19.0. The first-order chi connectivity index (χ1) is 9.90. The molecule has 5 nitrogen and oxygen atoms in total. The first-order valence-electron chi connectivity index (χ1n) is 7.06. The highest BCUT2D eigenvalue weighted by Gasteiger charge is 2.41. The SMILES string of the molecule is CCC(N)(CC)CN1C(=O)NC(c2ccc(Cl)cc2)C1=O. The van der Waals surface area contributed by atoms with Crippen LogP contribution in [-0.4, -0.2) is 28.9 Å². The third-order valence-corrected chi connectivity index (χ3v) is 4.36. The lowest BCUT2D eigenvalue weighted by atomic mass is 9.93. The number of imide groups is 1. The molecule has 114 valence electrons. The quantitative estimate of drug-likeness (QED) is 0.820. The zero-order valence-corrected chi connectivity index (χ0v) is 13.0. The van der Waals surface area contributed by atoms with Crippen LogP contribution >= 0.6 is 11.6 Å². The molecule has 0 aromatic heterocycles. The number of nitrogens with two attached hydrogens (primary N) is 1. The molecular weight excluding hydrogens is 290 g/mol. The Morgan fingerprint density at radius 3 is 2.33 bits per heavy atom. The molecule has 0 spiro atoms. The number of halogens is 1. The van der Waals surface area contributed by atoms with E-state index >= 15 is 0 Å². The summed E-state index contributed by atoms with van der Waals surface area (Å²) < 4.78 is 0. The lowest BCUT2D eigenvalue weighted by molar-refractivity contribution is -0.128. The number of carbonyl (C=O) groups excluding carboxylic acids is 2. The summed E-state index contributed by atoms with van der Waals surface area (Å²) in [6.07, 6.45) is 1.40. The third-order valence-electron chi connectivity index (χ3n) is 4.11. The van der Waals surface area contributed by atoms with Gasteiger partial charge >= 0.3 is 6.03 Å². The second-order valence-electron chi connectivity index (χ2n) is 5.43. The van der Waals surface area contributed by atoms with E-state index in [1.165, 1.54) is 4.90 Å². The largest absolute Gasteiger partial charge is 0.325 e. The molecule has 1 atom stereocenters. The number of hydrogen-bond acceptors (Lipinski definition) is 3. The van der Waals surface area contributed by atoms with Gasteiger partial charge in [-0.15, -0.1) is 0 Å². The number of benzene rings is 1. The van der Waals surface area contributed by atoms with Crippen molar-refractivity contribution < 1.29 is 9.59 Å². The fourth-order valence-electron chi connectivity index (χ4n) is 2.34. The van der Waals surface area contributed by atoms with Gasteiger partial charge in [0.25, 0.3) is 5.91 Å². The molecule has 1 aliphatic heterocycles. The van der Waals surface area contributed by atoms with Gasteiger partial charge in [0.2, 0.25) is 0 Å². The van der Waals surface area contributed by atoms with Crippen molar-refractivity contribution in [1.29, 1.82) is 0 Å². The third kappa shape index (κ3) is 3.19. The predicted octanol–water partition coefficient (Wildman–Crippen LogP) is 2.45. The van der Waals surface area contributed by atoms with E-state index in [0.717, 1.165) is 5.56 Å². The van der Waals surface area contributed by atoms with Gasteiger partial charge in [-0.2, -0.15) is 0 Å². The van der Waals surface area contributed by atoms with Gasteiger partial charge in [-0.3, -0.25) is 9.69 Å². The van der Waals surface area contributed by atoms with Crippen LogP contribution in [0.15, 0.2) is 24.3 Å². The van der Waals surface area contributed by atoms with Crippen molar-refractivity contribution in [2.45, 2.75) is 38.3 Å². The molecular formula is C15H20ClN3O2. The van der Waals surface area contributed by atoms with Crippen LogP contribution in [-0.2, 0) is 4.79 Å². The maximum absolute atomic E-state index is 12.5. The van der Waals surface area contributed by atoms with Crippen molar-refractivity contribution in [3.8, 4) is 0 Å². The van der Waals surface area contributed by atoms with E-state index in [1.807, 2.05) is 13.8 Å². The van der Waals surface area contributed by atoms with E-state index in [2.05, 4.69) is 5.32 Å². The van der Waals surface area contributed by atoms with Crippen molar-refractivity contribution in [3.05, 3.63) is 34.9 Å². The molecule has 1 aromatic rings. The molecule has 6 heteroatoms. The van der Waals surface area contributed by atoms with E-state index in [4.69, 9.17) is 17.3 Å². The first-order valence-corrected chi connectivity index (χ1v) is 7.44. The Labute approximate surface area is 129 Å². The zero-order valence-electron chi connectivity index (χ0n) is 12.2. The monoisotopic (exact) mass is 309 g/mol. The summed E-state index contributed by atoms with van der Waals surface area (Å²) in [4.78, 5) is 25.7. The molecule has 1 aromatic carbocycles. The van der Waals surface area contributed by atoms with Crippen molar-refractivity contribution in [3.63, 3.8) is 0 Å². The van der Waals surface area contributed by atoms with E-state index in [-0.39, 0.29) is 12.5 Å². The summed E-state index contributed by atoms with van der Waals surface area (Å²) in [6, 6.07) is 5.83. The standard InChI is InChI=1S/C15H20ClN3O2/c1-3-15(17,4-2)9-19-13(20)12(18-14(19)21)10-5-7-11(16)8-6-10/h5-8,12H,3-4,9,17H2,1-2H3,(H,18,21). The second-order valence-corrected chi connectivity index (χ2v) is 5.86. The number of hydrogen-bond donors (Lipinski definition) is 2. The predicted molar refractivity (Wildman–Crippen MR) is 81.9 cm³/mol. The molecule has 1 fully saturated rings. The summed E-state index contributed by atoms with van der Waals surface area (Å²) in [7, 11) is 0. The van der Waals surface area contributed by atoms with Crippen molar-refractivity contribution in [1.82, 2.24) is 10.2 Å². The fourth-order valence-corrected chi connectivity index (χ4v) is 2.46. The Hall–Kier alpha value is -1.59. The van der Waals surface area contributed by atoms with E-state index < -0.39 is 17.6 Å². The summed E-state index contributed by atoms with van der Waals surface area (Å²) in [6.45, 7) is 4.14. The van der Waals surface area contributed by atoms with Gasteiger partial charge in [0.15, 0.2) is 0 Å². The van der Waals surface area contributed by atoms with Gasteiger partial charge in [0.05, 0.1) is 0 Å². The molecule has 21 heavy (non-hydrogen) atoms. The van der Waals surface area contributed by atoms with Gasteiger partial charge in [0, 0.05) is 17.1 Å². The minimum atomic E-state index is -0.660. The molecule has 3 N–H and O–H groups in total. The summed E-state index contributed by atoms with van der Waals surface area (Å²) >= 11 is 5.84. The number of rotatable bonds is 5. The second kappa shape index (κ2) is 6.03. The minimum absolute atomic E-state index is 0.231. The van der Waals surface area contributed by atoms with Gasteiger partial charge in [0.1, 0.15) is 6.04 Å². The van der Waals surface area contributed by atoms with Gasteiger partial charge in [-0.25, -0.2) is 4.79 Å². The summed E-state index contributed by atoms with van der Waals surface area (Å²) in [5.74, 6) is -0.265. The molecule has 1 unspecified atom stereocenters. The lowest BCUT2D eigenvalue weighted by Crippen LogP contribution is -2.51. The van der Waals surface area contributed by atoms with Gasteiger partial charge < -0.3 is 11.1 Å². The average molecular weight is 310 g/mol. The van der Waals surface area contributed by atoms with Crippen LogP contribution in [0.25, 0.3) is 0 Å². The molecule has 1 heterocycles. The molecule has 3 amide bonds. The van der Waals surface area contributed by atoms with E-state index in [0.29, 0.717) is 17.9 Å². The Morgan fingerprint density at radius 2 is 1.81 bits per heavy atom. The molecule has 0 aliphatic carbocycles. The van der Waals surface area contributed by atoms with Crippen molar-refractivity contribution in [2.75, 3.05) is 6.54 Å². The summed E-state index contributed by atoms with van der Waals surface area (Å²) in [5, 5.41) is 3.29. The number of amides is 3. The van der Waals surface area contributed by atoms with Crippen LogP contribution in [0.1, 0.15) is 38.3 Å². The van der Waals surface area contributed by atoms with Crippen LogP contribution in [0.5, 0.6) is 0 Å². The van der Waals surface area contributed by atoms with E-state index in [1.54, 1.807) is 24.3 Å². The zero-order chi connectivity index (χ0) is 15.6. The fraction of sp³-hybridized carbons (Fsp3) is 0.467. The number of nitrogens with zero attached hydrogens (tertiary/aromatic N) is 1. The van der Waals surface area contributed by atoms with Crippen LogP contribution < -0.4 is 11.1 Å². The van der Waals surface area contributed by atoms with Crippen LogP contribution in [0.3, 0.4) is 0 Å². The van der Waals surface area contributed by atoms with E-state index in [9.17, 15) is 9.59 Å². The molecule has 2 rings (SSSR count). The molecule has 1 saturated heterocycles. The Bertz CT molecular complexity index is 540. The van der Waals surface area contributed by atoms with Crippen molar-refractivity contribution >= 4 is 23.5 Å². The van der Waals surface area contributed by atoms with Gasteiger partial charge in [-0.1, -0.05) is 37.6 Å². The topological polar surface area (TPSA) is 75.4 Å². The highest BCUT2D eigenvalue weighted by molar-refractivity contribution is 6.30. The number of nitrogens with one attached hydrogen (secondary N) is 1. The average Bonchev–Trinajstić information content (AvgIpc) is 2.76. The van der Waals surface area contributed by atoms with Crippen LogP contribution in [0.2, 0.25) is 5.02 Å². The lowest BCUT2D eigenvalue weighted by Gasteiger charge is -2.30. The van der Waals surface area contributed by atoms with Gasteiger partial charge in [-0.05, 0) is 30.5 Å². The smallest absolute Gasteiger partial charge is 0.324 e. The summed E-state index contributed by atoms with van der Waals surface area (Å²) in [5.41, 5.74) is 6.39. The first kappa shape index (κ1) is 15.8. The highest BCUT2D eigenvalue weighted by Crippen LogP contribution is 2.25. The maximum atomic E-state index is 12.5.